The lowest BCUT2D eigenvalue weighted by Crippen LogP contribution is -2.21. The molecule has 39 heavy (non-hydrogen) atoms. The van der Waals surface area contributed by atoms with E-state index >= 15 is 0 Å². The van der Waals surface area contributed by atoms with Crippen molar-refractivity contribution in [3.05, 3.63) is 76.3 Å². The van der Waals surface area contributed by atoms with Crippen LogP contribution in [-0.2, 0) is 5.41 Å². The number of amides is 2. The monoisotopic (exact) mass is 541 g/mol. The number of fused-ring (bicyclic) bond motifs is 1. The summed E-state index contributed by atoms with van der Waals surface area (Å²) in [6.07, 6.45) is 1.67. The van der Waals surface area contributed by atoms with Gasteiger partial charge in [-0.25, -0.2) is 9.97 Å². The summed E-state index contributed by atoms with van der Waals surface area (Å²) in [4.78, 5) is 38.3. The fraction of sp³-hybridized carbons (Fsp3) is 0.276. The highest BCUT2D eigenvalue weighted by Crippen LogP contribution is 2.27. The van der Waals surface area contributed by atoms with Gasteiger partial charge in [-0.05, 0) is 76.3 Å². The van der Waals surface area contributed by atoms with E-state index in [1.807, 2.05) is 47.0 Å². The summed E-state index contributed by atoms with van der Waals surface area (Å²) in [6, 6.07) is 16.4. The molecule has 0 fully saturated rings. The highest BCUT2D eigenvalue weighted by atomic mass is 32.1. The minimum atomic E-state index is -0.709. The van der Waals surface area contributed by atoms with Crippen LogP contribution in [0.2, 0.25) is 0 Å². The van der Waals surface area contributed by atoms with E-state index in [4.69, 9.17) is 0 Å². The first-order chi connectivity index (χ1) is 18.6. The lowest BCUT2D eigenvalue weighted by atomic mass is 9.85. The Balaban J connectivity index is 1.47. The number of nitriles is 1. The average molecular weight is 542 g/mol. The van der Waals surface area contributed by atoms with Gasteiger partial charge in [0.05, 0.1) is 22.6 Å². The Kier molecular flexibility index (Phi) is 8.24. The number of rotatable bonds is 9. The Morgan fingerprint density at radius 2 is 1.87 bits per heavy atom. The molecule has 0 aliphatic heterocycles. The standard InChI is InChI=1S/C29H31N7O2S/c1-18-9-10-21(33-26(37)19-7-6-8-20(13-19)29(2,3)17-30)14-22(18)35-27(38)24-15-23-28(39-24)32-16-25(34-23)31-11-12-36(4)5/h6-10,13-16H,11-12H2,1-5H3,(H,31,34)(H,33,37)(H,35,38). The minimum absolute atomic E-state index is 0.278. The average Bonchev–Trinajstić information content (AvgIpc) is 3.34. The summed E-state index contributed by atoms with van der Waals surface area (Å²) in [5.41, 5.74) is 3.13. The highest BCUT2D eigenvalue weighted by Gasteiger charge is 2.21. The third-order valence-corrected chi connectivity index (χ3v) is 7.23. The minimum Gasteiger partial charge on any atom is -0.367 e. The molecule has 4 rings (SSSR count). The van der Waals surface area contributed by atoms with Crippen LogP contribution in [-0.4, -0.2) is 53.9 Å². The maximum atomic E-state index is 13.1. The van der Waals surface area contributed by atoms with Crippen LogP contribution >= 0.6 is 11.3 Å². The summed E-state index contributed by atoms with van der Waals surface area (Å²) in [5, 5.41) is 18.5. The zero-order chi connectivity index (χ0) is 28.2. The molecule has 4 aromatic rings. The van der Waals surface area contributed by atoms with E-state index in [0.29, 0.717) is 38.0 Å². The number of aromatic nitrogens is 2. The second-order valence-electron chi connectivity index (χ2n) is 10.0. The Morgan fingerprint density at radius 3 is 2.62 bits per heavy atom. The molecule has 10 heteroatoms. The van der Waals surface area contributed by atoms with Crippen LogP contribution in [0.1, 0.15) is 45.0 Å². The van der Waals surface area contributed by atoms with Gasteiger partial charge in [-0.15, -0.1) is 11.3 Å². The molecule has 0 aliphatic carbocycles. The third-order valence-electron chi connectivity index (χ3n) is 6.20. The molecule has 0 radical (unpaired) electrons. The molecule has 0 bridgehead atoms. The van der Waals surface area contributed by atoms with Gasteiger partial charge in [-0.1, -0.05) is 18.2 Å². The number of anilines is 3. The van der Waals surface area contributed by atoms with E-state index < -0.39 is 5.41 Å². The van der Waals surface area contributed by atoms with E-state index in [-0.39, 0.29) is 11.8 Å². The molecule has 0 atom stereocenters. The first-order valence-electron chi connectivity index (χ1n) is 12.5. The number of thiophene rings is 1. The molecule has 2 heterocycles. The smallest absolute Gasteiger partial charge is 0.265 e. The van der Waals surface area contributed by atoms with Crippen LogP contribution in [0.5, 0.6) is 0 Å². The molecule has 0 aliphatic rings. The van der Waals surface area contributed by atoms with Gasteiger partial charge in [-0.2, -0.15) is 5.26 Å². The van der Waals surface area contributed by atoms with E-state index in [1.54, 1.807) is 42.6 Å². The van der Waals surface area contributed by atoms with Gasteiger partial charge in [0.2, 0.25) is 0 Å². The molecule has 2 amide bonds. The van der Waals surface area contributed by atoms with Crippen molar-refractivity contribution < 1.29 is 9.59 Å². The number of likely N-dealkylation sites (N-methyl/N-ethyl adjacent to an activating group) is 1. The number of nitrogens with zero attached hydrogens (tertiary/aromatic N) is 4. The van der Waals surface area contributed by atoms with Crippen molar-refractivity contribution in [1.82, 2.24) is 14.9 Å². The zero-order valence-electron chi connectivity index (χ0n) is 22.6. The highest BCUT2D eigenvalue weighted by molar-refractivity contribution is 7.20. The number of carbonyl (C=O) groups excluding carboxylic acids is 2. The van der Waals surface area contributed by atoms with Gasteiger partial charge < -0.3 is 20.9 Å². The Bertz CT molecular complexity index is 1570. The largest absolute Gasteiger partial charge is 0.367 e. The van der Waals surface area contributed by atoms with Crippen LogP contribution in [0.3, 0.4) is 0 Å². The Labute approximate surface area is 231 Å². The topological polar surface area (TPSA) is 123 Å². The summed E-state index contributed by atoms with van der Waals surface area (Å²) >= 11 is 1.27. The molecule has 0 saturated heterocycles. The lowest BCUT2D eigenvalue weighted by molar-refractivity contribution is 0.102. The zero-order valence-corrected chi connectivity index (χ0v) is 23.4. The first-order valence-corrected chi connectivity index (χ1v) is 13.3. The Morgan fingerprint density at radius 1 is 1.08 bits per heavy atom. The first kappa shape index (κ1) is 27.7. The second kappa shape index (κ2) is 11.6. The normalized spacial score (nSPS) is 11.3. The SMILES string of the molecule is Cc1ccc(NC(=O)c2cccc(C(C)(C)C#N)c2)cc1NC(=O)c1cc2nc(NCCN(C)C)cnc2s1. The van der Waals surface area contributed by atoms with Crippen molar-refractivity contribution in [2.75, 3.05) is 43.1 Å². The second-order valence-corrected chi connectivity index (χ2v) is 11.1. The van der Waals surface area contributed by atoms with Crippen molar-refractivity contribution in [1.29, 1.82) is 5.26 Å². The van der Waals surface area contributed by atoms with Crippen molar-refractivity contribution in [2.45, 2.75) is 26.2 Å². The fourth-order valence-corrected chi connectivity index (χ4v) is 4.60. The van der Waals surface area contributed by atoms with Crippen molar-refractivity contribution in [3.63, 3.8) is 0 Å². The van der Waals surface area contributed by atoms with Gasteiger partial charge in [0.1, 0.15) is 16.2 Å². The predicted octanol–water partition coefficient (Wildman–Crippen LogP) is 5.28. The van der Waals surface area contributed by atoms with Crippen molar-refractivity contribution >= 4 is 50.7 Å². The van der Waals surface area contributed by atoms with Crippen molar-refractivity contribution in [3.8, 4) is 6.07 Å². The van der Waals surface area contributed by atoms with Crippen molar-refractivity contribution in [2.24, 2.45) is 0 Å². The number of carbonyl (C=O) groups is 2. The van der Waals surface area contributed by atoms with Crippen LogP contribution in [0.4, 0.5) is 17.2 Å². The van der Waals surface area contributed by atoms with Gasteiger partial charge in [-0.3, -0.25) is 9.59 Å². The van der Waals surface area contributed by atoms with Crippen LogP contribution in [0, 0.1) is 18.3 Å². The summed E-state index contributed by atoms with van der Waals surface area (Å²) in [7, 11) is 4.01. The molecule has 3 N–H and O–H groups in total. The number of nitrogens with one attached hydrogen (secondary N) is 3. The van der Waals surface area contributed by atoms with Crippen LogP contribution < -0.4 is 16.0 Å². The molecule has 200 valence electrons. The van der Waals surface area contributed by atoms with E-state index in [9.17, 15) is 14.9 Å². The van der Waals surface area contributed by atoms with Crippen LogP contribution in [0.25, 0.3) is 10.3 Å². The maximum absolute atomic E-state index is 13.1. The van der Waals surface area contributed by atoms with Gasteiger partial charge in [0.15, 0.2) is 0 Å². The predicted molar refractivity (Wildman–Crippen MR) is 157 cm³/mol. The molecular weight excluding hydrogens is 510 g/mol. The van der Waals surface area contributed by atoms with E-state index in [0.717, 1.165) is 24.2 Å². The molecule has 9 nitrogen and oxygen atoms in total. The number of aryl methyl sites for hydroxylation is 1. The van der Waals surface area contributed by atoms with Gasteiger partial charge in [0.25, 0.3) is 11.8 Å². The number of hydrogen-bond acceptors (Lipinski definition) is 8. The molecule has 0 saturated carbocycles. The molecule has 2 aromatic heterocycles. The summed E-state index contributed by atoms with van der Waals surface area (Å²) < 4.78 is 0. The maximum Gasteiger partial charge on any atom is 0.265 e. The molecule has 0 unspecified atom stereocenters. The van der Waals surface area contributed by atoms with Gasteiger partial charge >= 0.3 is 0 Å². The van der Waals surface area contributed by atoms with Crippen LogP contribution in [0.15, 0.2) is 54.7 Å². The van der Waals surface area contributed by atoms with Gasteiger partial charge in [0, 0.05) is 30.0 Å². The summed E-state index contributed by atoms with van der Waals surface area (Å²) in [6.45, 7) is 7.10. The molecular formula is C29H31N7O2S. The summed E-state index contributed by atoms with van der Waals surface area (Å²) in [5.74, 6) is 0.0819. The molecule has 0 spiro atoms. The van der Waals surface area contributed by atoms with E-state index in [2.05, 4.69) is 36.9 Å². The Hall–Kier alpha value is -4.33. The quantitative estimate of drug-likeness (QED) is 0.263. The fourth-order valence-electron chi connectivity index (χ4n) is 3.76. The van der Waals surface area contributed by atoms with E-state index in [1.165, 1.54) is 11.3 Å². The third kappa shape index (κ3) is 6.76. The number of benzene rings is 2. The lowest BCUT2D eigenvalue weighted by Gasteiger charge is -2.16. The molecule has 2 aromatic carbocycles. The number of hydrogen-bond donors (Lipinski definition) is 3.